The van der Waals surface area contributed by atoms with Gasteiger partial charge in [-0.2, -0.15) is 0 Å². The lowest BCUT2D eigenvalue weighted by atomic mass is 10.2. The first-order valence-corrected chi connectivity index (χ1v) is 7.78. The molecule has 0 saturated carbocycles. The highest BCUT2D eigenvalue weighted by Gasteiger charge is 2.09. The summed E-state index contributed by atoms with van der Waals surface area (Å²) in [5, 5.41) is 5.49. The lowest BCUT2D eigenvalue weighted by Crippen LogP contribution is -2.30. The second-order valence-corrected chi connectivity index (χ2v) is 5.43. The van der Waals surface area contributed by atoms with Crippen LogP contribution in [0, 0.1) is 0 Å². The summed E-state index contributed by atoms with van der Waals surface area (Å²) in [7, 11) is 0. The van der Waals surface area contributed by atoms with Gasteiger partial charge < -0.3 is 15.4 Å². The van der Waals surface area contributed by atoms with Crippen LogP contribution in [0.2, 0.25) is 0 Å². The molecule has 23 heavy (non-hydrogen) atoms. The molecule has 0 aliphatic rings. The van der Waals surface area contributed by atoms with Crippen molar-refractivity contribution in [3.8, 4) is 0 Å². The number of amides is 2. The Morgan fingerprint density at radius 1 is 1.13 bits per heavy atom. The third kappa shape index (κ3) is 7.44. The Balaban J connectivity index is 2.44. The van der Waals surface area contributed by atoms with E-state index in [9.17, 15) is 14.4 Å². The molecule has 1 rings (SSSR count). The molecule has 0 bridgehead atoms. The van der Waals surface area contributed by atoms with E-state index in [1.165, 1.54) is 0 Å². The van der Waals surface area contributed by atoms with Crippen LogP contribution in [0.3, 0.4) is 0 Å². The van der Waals surface area contributed by atoms with Crippen molar-refractivity contribution < 1.29 is 19.1 Å². The molecule has 0 heterocycles. The molecular weight excluding hydrogens is 296 g/mol. The number of ether oxygens (including phenoxy) is 1. The molecule has 0 fully saturated rings. The Labute approximate surface area is 136 Å². The lowest BCUT2D eigenvalue weighted by molar-refractivity contribution is -0.121. The van der Waals surface area contributed by atoms with Gasteiger partial charge in [0.1, 0.15) is 0 Å². The number of benzene rings is 1. The molecule has 0 saturated heterocycles. The molecule has 0 aliphatic heterocycles. The van der Waals surface area contributed by atoms with Crippen LogP contribution in [0.5, 0.6) is 0 Å². The van der Waals surface area contributed by atoms with Crippen LogP contribution in [0.1, 0.15) is 50.4 Å². The molecule has 0 atom stereocenters. The van der Waals surface area contributed by atoms with Crippen LogP contribution < -0.4 is 10.6 Å². The minimum Gasteiger partial charge on any atom is -0.462 e. The first-order valence-electron chi connectivity index (χ1n) is 7.78. The van der Waals surface area contributed by atoms with Crippen LogP contribution >= 0.6 is 0 Å². The highest BCUT2D eigenvalue weighted by Crippen LogP contribution is 2.12. The summed E-state index contributed by atoms with van der Waals surface area (Å²) in [5.74, 6) is -0.672. The predicted octanol–water partition coefficient (Wildman–Crippen LogP) is 2.50. The summed E-state index contributed by atoms with van der Waals surface area (Å²) in [6.07, 6.45) is 1.03. The smallest absolute Gasteiger partial charge is 0.338 e. The molecular formula is C17H24N2O4. The third-order valence-electron chi connectivity index (χ3n) is 2.91. The van der Waals surface area contributed by atoms with E-state index in [0.717, 1.165) is 0 Å². The van der Waals surface area contributed by atoms with Crippen molar-refractivity contribution in [2.24, 2.45) is 0 Å². The lowest BCUT2D eigenvalue weighted by Gasteiger charge is -2.09. The molecule has 126 valence electrons. The Bertz CT molecular complexity index is 555. The molecule has 1 aromatic rings. The summed E-state index contributed by atoms with van der Waals surface area (Å²) >= 11 is 0. The van der Waals surface area contributed by atoms with Gasteiger partial charge in [-0.05, 0) is 45.4 Å². The van der Waals surface area contributed by atoms with Crippen molar-refractivity contribution in [2.45, 2.75) is 46.1 Å². The van der Waals surface area contributed by atoms with Crippen LogP contribution in [0.25, 0.3) is 0 Å². The number of rotatable bonds is 8. The maximum absolute atomic E-state index is 11.9. The van der Waals surface area contributed by atoms with Gasteiger partial charge in [0.25, 0.3) is 0 Å². The predicted molar refractivity (Wildman–Crippen MR) is 88.2 cm³/mol. The zero-order valence-corrected chi connectivity index (χ0v) is 13.8. The average Bonchev–Trinajstić information content (AvgIpc) is 2.47. The molecule has 0 spiro atoms. The zero-order chi connectivity index (χ0) is 17.2. The first kappa shape index (κ1) is 18.7. The van der Waals surface area contributed by atoms with Gasteiger partial charge in [0.2, 0.25) is 11.8 Å². The number of hydrogen-bond acceptors (Lipinski definition) is 4. The van der Waals surface area contributed by atoms with Gasteiger partial charge in [-0.1, -0.05) is 6.07 Å². The third-order valence-corrected chi connectivity index (χ3v) is 2.91. The van der Waals surface area contributed by atoms with Gasteiger partial charge in [0, 0.05) is 24.6 Å². The van der Waals surface area contributed by atoms with Gasteiger partial charge in [0.15, 0.2) is 0 Å². The quantitative estimate of drug-likeness (QED) is 0.721. The van der Waals surface area contributed by atoms with E-state index < -0.39 is 5.97 Å². The van der Waals surface area contributed by atoms with Crippen LogP contribution in [-0.2, 0) is 14.3 Å². The largest absolute Gasteiger partial charge is 0.462 e. The summed E-state index contributed by atoms with van der Waals surface area (Å²) in [5.41, 5.74) is 0.924. The monoisotopic (exact) mass is 320 g/mol. The van der Waals surface area contributed by atoms with E-state index in [0.29, 0.717) is 30.7 Å². The van der Waals surface area contributed by atoms with Gasteiger partial charge in [0.05, 0.1) is 12.2 Å². The molecule has 6 heteroatoms. The van der Waals surface area contributed by atoms with Gasteiger partial charge in [-0.3, -0.25) is 9.59 Å². The van der Waals surface area contributed by atoms with Crippen molar-refractivity contribution in [1.82, 2.24) is 5.32 Å². The Hall–Kier alpha value is -2.37. The van der Waals surface area contributed by atoms with E-state index in [4.69, 9.17) is 4.74 Å². The van der Waals surface area contributed by atoms with Crippen molar-refractivity contribution >= 4 is 23.5 Å². The molecule has 0 aliphatic carbocycles. The van der Waals surface area contributed by atoms with Crippen molar-refractivity contribution in [2.75, 3.05) is 11.9 Å². The van der Waals surface area contributed by atoms with E-state index in [1.54, 1.807) is 31.2 Å². The van der Waals surface area contributed by atoms with E-state index >= 15 is 0 Å². The summed E-state index contributed by atoms with van der Waals surface area (Å²) in [4.78, 5) is 35.0. The van der Waals surface area contributed by atoms with Crippen LogP contribution in [0.4, 0.5) is 5.69 Å². The average molecular weight is 320 g/mol. The van der Waals surface area contributed by atoms with Crippen molar-refractivity contribution in [3.63, 3.8) is 0 Å². The fraction of sp³-hybridized carbons (Fsp3) is 0.471. The summed E-state index contributed by atoms with van der Waals surface area (Å²) in [6.45, 7) is 5.81. The zero-order valence-electron chi connectivity index (χ0n) is 13.8. The number of carbonyl (C=O) groups excluding carboxylic acids is 3. The van der Waals surface area contributed by atoms with E-state index in [-0.39, 0.29) is 24.3 Å². The number of anilines is 1. The van der Waals surface area contributed by atoms with Crippen molar-refractivity contribution in [1.29, 1.82) is 0 Å². The minimum atomic E-state index is -0.422. The molecule has 2 N–H and O–H groups in total. The van der Waals surface area contributed by atoms with Crippen LogP contribution in [0.15, 0.2) is 24.3 Å². The number of hydrogen-bond donors (Lipinski definition) is 2. The van der Waals surface area contributed by atoms with Gasteiger partial charge in [-0.25, -0.2) is 4.79 Å². The van der Waals surface area contributed by atoms with Gasteiger partial charge >= 0.3 is 5.97 Å². The molecule has 0 radical (unpaired) electrons. The second-order valence-electron chi connectivity index (χ2n) is 5.43. The second kappa shape index (κ2) is 9.61. The first-order chi connectivity index (χ1) is 10.9. The fourth-order valence-electron chi connectivity index (χ4n) is 1.97. The number of esters is 1. The molecule has 0 aromatic heterocycles. The highest BCUT2D eigenvalue weighted by molar-refractivity contribution is 5.94. The van der Waals surface area contributed by atoms with Crippen LogP contribution in [-0.4, -0.2) is 30.4 Å². The molecule has 0 unspecified atom stereocenters. The summed E-state index contributed by atoms with van der Waals surface area (Å²) < 4.78 is 4.91. The molecule has 6 nitrogen and oxygen atoms in total. The standard InChI is InChI=1S/C17H24N2O4/c1-4-23-17(22)13-7-5-8-14(11-13)19-16(21)10-6-9-15(20)18-12(2)3/h5,7-8,11-12H,4,6,9-10H2,1-3H3,(H,18,20)(H,19,21). The van der Waals surface area contributed by atoms with Crippen molar-refractivity contribution in [3.05, 3.63) is 29.8 Å². The van der Waals surface area contributed by atoms with Gasteiger partial charge in [-0.15, -0.1) is 0 Å². The number of nitrogens with one attached hydrogen (secondary N) is 2. The summed E-state index contributed by atoms with van der Waals surface area (Å²) in [6, 6.07) is 6.68. The minimum absolute atomic E-state index is 0.0582. The maximum Gasteiger partial charge on any atom is 0.338 e. The molecule has 2 amide bonds. The van der Waals surface area contributed by atoms with E-state index in [2.05, 4.69) is 10.6 Å². The Morgan fingerprint density at radius 3 is 2.48 bits per heavy atom. The van der Waals surface area contributed by atoms with E-state index in [1.807, 2.05) is 13.8 Å². The highest BCUT2D eigenvalue weighted by atomic mass is 16.5. The Kier molecular flexibility index (Phi) is 7.80. The number of carbonyl (C=O) groups is 3. The Morgan fingerprint density at radius 2 is 1.83 bits per heavy atom. The molecule has 1 aromatic carbocycles. The topological polar surface area (TPSA) is 84.5 Å². The SMILES string of the molecule is CCOC(=O)c1cccc(NC(=O)CCCC(=O)NC(C)C)c1. The maximum atomic E-state index is 11.9. The normalized spacial score (nSPS) is 10.3. The fourth-order valence-corrected chi connectivity index (χ4v) is 1.97.